The Balaban J connectivity index is 1.88. The van der Waals surface area contributed by atoms with Gasteiger partial charge in [0.2, 0.25) is 0 Å². The third-order valence-corrected chi connectivity index (χ3v) is 4.53. The molecule has 1 aromatic carbocycles. The zero-order chi connectivity index (χ0) is 13.9. The maximum absolute atomic E-state index is 10.7. The molecule has 2 rings (SSSR count). The molecule has 1 N–H and O–H groups in total. The van der Waals surface area contributed by atoms with Gasteiger partial charge >= 0.3 is 0 Å². The van der Waals surface area contributed by atoms with E-state index in [-0.39, 0.29) is 0 Å². The van der Waals surface area contributed by atoms with E-state index in [9.17, 15) is 5.11 Å². The number of rotatable bonds is 3. The first-order chi connectivity index (χ1) is 8.88. The molecule has 1 fully saturated rings. The van der Waals surface area contributed by atoms with E-state index in [1.165, 1.54) is 5.56 Å². The van der Waals surface area contributed by atoms with Gasteiger partial charge in [-0.15, -0.1) is 0 Å². The second-order valence-electron chi connectivity index (χ2n) is 7.47. The van der Waals surface area contributed by atoms with Crippen molar-refractivity contribution in [3.8, 4) is 0 Å². The Hall–Kier alpha value is -0.820. The number of benzene rings is 1. The number of aliphatic hydroxyl groups is 1. The molecule has 0 aromatic heterocycles. The van der Waals surface area contributed by atoms with Gasteiger partial charge in [0.05, 0.1) is 5.60 Å². The van der Waals surface area contributed by atoms with Crippen LogP contribution in [0.15, 0.2) is 30.3 Å². The van der Waals surface area contributed by atoms with Crippen molar-refractivity contribution < 1.29 is 5.11 Å². The third kappa shape index (κ3) is 4.35. The van der Waals surface area contributed by atoms with Gasteiger partial charge in [0.25, 0.3) is 0 Å². The molecule has 0 atom stereocenters. The summed E-state index contributed by atoms with van der Waals surface area (Å²) < 4.78 is 0. The Bertz CT molecular complexity index is 380. The van der Waals surface area contributed by atoms with Crippen molar-refractivity contribution in [3.05, 3.63) is 35.9 Å². The number of hydrogen-bond acceptors (Lipinski definition) is 1. The lowest BCUT2D eigenvalue weighted by molar-refractivity contribution is -0.0167. The monoisotopic (exact) mass is 260 g/mol. The van der Waals surface area contributed by atoms with Crippen molar-refractivity contribution in [1.82, 2.24) is 0 Å². The van der Waals surface area contributed by atoms with Crippen LogP contribution in [-0.4, -0.2) is 10.7 Å². The zero-order valence-corrected chi connectivity index (χ0v) is 12.7. The van der Waals surface area contributed by atoms with Crippen LogP contribution < -0.4 is 0 Å². The predicted octanol–water partition coefficient (Wildman–Crippen LogP) is 4.90. The van der Waals surface area contributed by atoms with Gasteiger partial charge in [-0.3, -0.25) is 0 Å². The van der Waals surface area contributed by atoms with Gasteiger partial charge in [0.1, 0.15) is 0 Å². The van der Waals surface area contributed by atoms with E-state index in [4.69, 9.17) is 0 Å². The molecule has 1 aliphatic rings. The van der Waals surface area contributed by atoms with E-state index in [2.05, 4.69) is 51.1 Å². The van der Waals surface area contributed by atoms with Crippen LogP contribution >= 0.6 is 0 Å². The SMILES string of the molecule is CC(C)(C)CCC1(O)CCC(c2ccccc2)CC1. The lowest BCUT2D eigenvalue weighted by Gasteiger charge is -2.37. The fourth-order valence-corrected chi connectivity index (χ4v) is 3.07. The summed E-state index contributed by atoms with van der Waals surface area (Å²) in [5.74, 6) is 0.649. The zero-order valence-electron chi connectivity index (χ0n) is 12.7. The van der Waals surface area contributed by atoms with Crippen molar-refractivity contribution in [2.24, 2.45) is 5.41 Å². The van der Waals surface area contributed by atoms with E-state index in [0.717, 1.165) is 38.5 Å². The molecule has 1 nitrogen and oxygen atoms in total. The molecule has 1 saturated carbocycles. The molecular formula is C18H28O. The Morgan fingerprint density at radius 3 is 2.21 bits per heavy atom. The average Bonchev–Trinajstić information content (AvgIpc) is 2.38. The summed E-state index contributed by atoms with van der Waals surface area (Å²) in [6.07, 6.45) is 6.25. The van der Waals surface area contributed by atoms with Crippen LogP contribution in [0, 0.1) is 5.41 Å². The van der Waals surface area contributed by atoms with Gasteiger partial charge in [0, 0.05) is 0 Å². The minimum Gasteiger partial charge on any atom is -0.390 e. The summed E-state index contributed by atoms with van der Waals surface area (Å²) in [5, 5.41) is 10.7. The smallest absolute Gasteiger partial charge is 0.0648 e. The average molecular weight is 260 g/mol. The van der Waals surface area contributed by atoms with Crippen LogP contribution in [0.4, 0.5) is 0 Å². The fourth-order valence-electron chi connectivity index (χ4n) is 3.07. The molecule has 0 radical (unpaired) electrons. The van der Waals surface area contributed by atoms with E-state index in [1.54, 1.807) is 0 Å². The van der Waals surface area contributed by atoms with Crippen molar-refractivity contribution in [2.75, 3.05) is 0 Å². The third-order valence-electron chi connectivity index (χ3n) is 4.53. The first-order valence-corrected chi connectivity index (χ1v) is 7.65. The van der Waals surface area contributed by atoms with Gasteiger partial charge in [-0.2, -0.15) is 0 Å². The molecule has 0 bridgehead atoms. The van der Waals surface area contributed by atoms with Crippen molar-refractivity contribution in [1.29, 1.82) is 0 Å². The molecule has 1 aliphatic carbocycles. The summed E-state index contributed by atoms with van der Waals surface area (Å²) in [5.41, 5.74) is 1.37. The standard InChI is InChI=1S/C18H28O/c1-17(2,3)13-14-18(19)11-9-16(10-12-18)15-7-5-4-6-8-15/h4-8,16,19H,9-14H2,1-3H3. The van der Waals surface area contributed by atoms with Gasteiger partial charge < -0.3 is 5.11 Å². The lowest BCUT2D eigenvalue weighted by atomic mass is 9.72. The summed E-state index contributed by atoms with van der Waals surface area (Å²) in [6, 6.07) is 10.8. The molecule has 0 amide bonds. The maximum Gasteiger partial charge on any atom is 0.0648 e. The molecule has 0 aliphatic heterocycles. The molecule has 0 unspecified atom stereocenters. The van der Waals surface area contributed by atoms with Gasteiger partial charge in [-0.1, -0.05) is 51.1 Å². The normalized spacial score (nSPS) is 28.3. The largest absolute Gasteiger partial charge is 0.390 e. The van der Waals surface area contributed by atoms with E-state index in [0.29, 0.717) is 11.3 Å². The molecule has 0 heterocycles. The van der Waals surface area contributed by atoms with E-state index >= 15 is 0 Å². The van der Waals surface area contributed by atoms with Crippen LogP contribution in [0.3, 0.4) is 0 Å². The van der Waals surface area contributed by atoms with Crippen molar-refractivity contribution in [2.45, 2.75) is 70.8 Å². The first kappa shape index (κ1) is 14.6. The van der Waals surface area contributed by atoms with Gasteiger partial charge in [0.15, 0.2) is 0 Å². The highest BCUT2D eigenvalue weighted by atomic mass is 16.3. The van der Waals surface area contributed by atoms with E-state index in [1.807, 2.05) is 0 Å². The van der Waals surface area contributed by atoms with Crippen molar-refractivity contribution >= 4 is 0 Å². The minimum atomic E-state index is -0.404. The molecule has 1 heteroatoms. The quantitative estimate of drug-likeness (QED) is 0.819. The second kappa shape index (κ2) is 5.66. The molecule has 1 aromatic rings. The predicted molar refractivity (Wildman–Crippen MR) is 81.3 cm³/mol. The molecule has 0 spiro atoms. The Morgan fingerprint density at radius 2 is 1.68 bits per heavy atom. The van der Waals surface area contributed by atoms with Gasteiger partial charge in [-0.25, -0.2) is 0 Å². The summed E-state index contributed by atoms with van der Waals surface area (Å²) in [4.78, 5) is 0. The Labute approximate surface area is 118 Å². The lowest BCUT2D eigenvalue weighted by Crippen LogP contribution is -2.34. The minimum absolute atomic E-state index is 0.325. The first-order valence-electron chi connectivity index (χ1n) is 7.65. The number of hydrogen-bond donors (Lipinski definition) is 1. The highest BCUT2D eigenvalue weighted by molar-refractivity contribution is 5.20. The summed E-state index contributed by atoms with van der Waals surface area (Å²) in [7, 11) is 0. The van der Waals surface area contributed by atoms with Crippen LogP contribution in [-0.2, 0) is 0 Å². The van der Waals surface area contributed by atoms with E-state index < -0.39 is 5.60 Å². The van der Waals surface area contributed by atoms with Crippen LogP contribution in [0.5, 0.6) is 0 Å². The summed E-state index contributed by atoms with van der Waals surface area (Å²) >= 11 is 0. The van der Waals surface area contributed by atoms with Crippen LogP contribution in [0.2, 0.25) is 0 Å². The highest BCUT2D eigenvalue weighted by Crippen LogP contribution is 2.41. The fraction of sp³-hybridized carbons (Fsp3) is 0.667. The van der Waals surface area contributed by atoms with Gasteiger partial charge in [-0.05, 0) is 55.4 Å². The van der Waals surface area contributed by atoms with Crippen molar-refractivity contribution in [3.63, 3.8) is 0 Å². The molecule has 106 valence electrons. The summed E-state index contributed by atoms with van der Waals surface area (Å²) in [6.45, 7) is 6.77. The van der Waals surface area contributed by atoms with Crippen LogP contribution in [0.1, 0.15) is 70.8 Å². The molecular weight excluding hydrogens is 232 g/mol. The molecule has 0 saturated heterocycles. The second-order valence-corrected chi connectivity index (χ2v) is 7.47. The maximum atomic E-state index is 10.7. The Kier molecular flexibility index (Phi) is 4.35. The van der Waals surface area contributed by atoms with Crippen LogP contribution in [0.25, 0.3) is 0 Å². The highest BCUT2D eigenvalue weighted by Gasteiger charge is 2.34. The topological polar surface area (TPSA) is 20.2 Å². The Morgan fingerprint density at radius 1 is 1.11 bits per heavy atom. The molecule has 19 heavy (non-hydrogen) atoms.